The highest BCUT2D eigenvalue weighted by atomic mass is 32.2. The van der Waals surface area contributed by atoms with Crippen molar-refractivity contribution < 1.29 is 14.3 Å². The van der Waals surface area contributed by atoms with Crippen LogP contribution >= 0.6 is 23.1 Å². The Morgan fingerprint density at radius 1 is 1.23 bits per heavy atom. The number of rotatable bonds is 8. The van der Waals surface area contributed by atoms with E-state index in [-0.39, 0.29) is 12.2 Å². The van der Waals surface area contributed by atoms with E-state index in [0.717, 1.165) is 16.0 Å². The number of esters is 1. The van der Waals surface area contributed by atoms with Crippen molar-refractivity contribution in [2.75, 3.05) is 19.5 Å². The number of hydrogen-bond acceptors (Lipinski definition) is 7. The minimum atomic E-state index is -0.629. The predicted molar refractivity (Wildman–Crippen MR) is 141 cm³/mol. The molecule has 1 aliphatic heterocycles. The van der Waals surface area contributed by atoms with E-state index < -0.39 is 12.0 Å². The van der Waals surface area contributed by atoms with Crippen LogP contribution in [0.3, 0.4) is 0 Å². The Kier molecular flexibility index (Phi) is 7.73. The SMILES string of the molecule is C=CCOc1ccccc1/C=c1\sc2n(c1=O)[C@@H](c1ccc(SC)cc1)C(C(=O)OCC)=C(C)N=2. The molecule has 1 aromatic heterocycles. The summed E-state index contributed by atoms with van der Waals surface area (Å²) in [4.78, 5) is 33.0. The van der Waals surface area contributed by atoms with Crippen LogP contribution in [0.15, 0.2) is 87.1 Å². The van der Waals surface area contributed by atoms with Gasteiger partial charge in [-0.25, -0.2) is 9.79 Å². The quantitative estimate of drug-likeness (QED) is 0.262. The van der Waals surface area contributed by atoms with Crippen molar-refractivity contribution >= 4 is 35.1 Å². The van der Waals surface area contributed by atoms with Crippen molar-refractivity contribution in [2.24, 2.45) is 4.99 Å². The Hall–Kier alpha value is -3.36. The van der Waals surface area contributed by atoms with Gasteiger partial charge in [-0.3, -0.25) is 9.36 Å². The Morgan fingerprint density at radius 3 is 2.66 bits per heavy atom. The van der Waals surface area contributed by atoms with Gasteiger partial charge < -0.3 is 9.47 Å². The molecule has 35 heavy (non-hydrogen) atoms. The smallest absolute Gasteiger partial charge is 0.338 e. The number of nitrogens with zero attached hydrogens (tertiary/aromatic N) is 2. The lowest BCUT2D eigenvalue weighted by molar-refractivity contribution is -0.139. The van der Waals surface area contributed by atoms with Gasteiger partial charge in [0.15, 0.2) is 4.80 Å². The monoisotopic (exact) mass is 506 g/mol. The maximum absolute atomic E-state index is 13.7. The number of carbonyl (C=O) groups is 1. The first-order valence-electron chi connectivity index (χ1n) is 11.1. The van der Waals surface area contributed by atoms with Crippen LogP contribution in [0, 0.1) is 0 Å². The molecule has 1 aliphatic rings. The van der Waals surface area contributed by atoms with Gasteiger partial charge in [-0.2, -0.15) is 0 Å². The highest BCUT2D eigenvalue weighted by Gasteiger charge is 2.33. The van der Waals surface area contributed by atoms with Crippen LogP contribution in [-0.2, 0) is 9.53 Å². The molecule has 0 N–H and O–H groups in total. The van der Waals surface area contributed by atoms with Gasteiger partial charge in [0.25, 0.3) is 5.56 Å². The zero-order valence-electron chi connectivity index (χ0n) is 19.8. The van der Waals surface area contributed by atoms with Crippen LogP contribution in [0.25, 0.3) is 6.08 Å². The fraction of sp³-hybridized carbons (Fsp3) is 0.222. The second-order valence-corrected chi connectivity index (χ2v) is 9.60. The summed E-state index contributed by atoms with van der Waals surface area (Å²) in [5.41, 5.74) is 2.30. The highest BCUT2D eigenvalue weighted by molar-refractivity contribution is 7.98. The third kappa shape index (κ3) is 5.04. The first-order valence-corrected chi connectivity index (χ1v) is 13.2. The Bertz CT molecular complexity index is 1470. The Morgan fingerprint density at radius 2 is 1.97 bits per heavy atom. The van der Waals surface area contributed by atoms with Crippen LogP contribution < -0.4 is 19.6 Å². The van der Waals surface area contributed by atoms with E-state index in [1.807, 2.05) is 54.8 Å². The number of benzene rings is 2. The molecular formula is C27H26N2O4S2. The fourth-order valence-electron chi connectivity index (χ4n) is 3.91. The number of ether oxygens (including phenoxy) is 2. The van der Waals surface area contributed by atoms with Crippen LogP contribution in [0.4, 0.5) is 0 Å². The lowest BCUT2D eigenvalue weighted by Crippen LogP contribution is -2.39. The van der Waals surface area contributed by atoms with Gasteiger partial charge >= 0.3 is 5.97 Å². The van der Waals surface area contributed by atoms with E-state index in [1.54, 1.807) is 42.3 Å². The molecule has 0 spiro atoms. The minimum Gasteiger partial charge on any atom is -0.489 e. The maximum atomic E-state index is 13.7. The van der Waals surface area contributed by atoms with Crippen molar-refractivity contribution in [3.05, 3.63) is 103 Å². The number of thiazole rings is 1. The molecule has 3 aromatic rings. The largest absolute Gasteiger partial charge is 0.489 e. The number of hydrogen-bond donors (Lipinski definition) is 0. The Labute approximate surface area is 211 Å². The summed E-state index contributed by atoms with van der Waals surface area (Å²) in [5.74, 6) is 0.191. The van der Waals surface area contributed by atoms with E-state index in [9.17, 15) is 9.59 Å². The zero-order chi connectivity index (χ0) is 24.9. The van der Waals surface area contributed by atoms with Crippen molar-refractivity contribution in [1.29, 1.82) is 0 Å². The number of aromatic nitrogens is 1. The standard InChI is InChI=1S/C27H26N2O4S2/c1-5-15-33-21-10-8-7-9-19(21)16-22-25(30)29-24(18-11-13-20(34-4)14-12-18)23(26(31)32-6-2)17(3)28-27(29)35-22/h5,7-14,16,24H,1,6,15H2,2-4H3/b22-16-/t24-/m0/s1. The molecule has 0 amide bonds. The summed E-state index contributed by atoms with van der Waals surface area (Å²) >= 11 is 2.92. The molecule has 180 valence electrons. The number of thioether (sulfide) groups is 1. The normalized spacial score (nSPS) is 15.4. The number of allylic oxidation sites excluding steroid dienone is 1. The van der Waals surface area contributed by atoms with Gasteiger partial charge in [-0.05, 0) is 49.9 Å². The summed E-state index contributed by atoms with van der Waals surface area (Å²) in [5, 5.41) is 0. The van der Waals surface area contributed by atoms with E-state index in [1.165, 1.54) is 11.3 Å². The molecular weight excluding hydrogens is 480 g/mol. The summed E-state index contributed by atoms with van der Waals surface area (Å²) in [6.07, 6.45) is 5.48. The van der Waals surface area contributed by atoms with Crippen molar-refractivity contribution in [1.82, 2.24) is 4.57 Å². The lowest BCUT2D eigenvalue weighted by atomic mass is 9.96. The lowest BCUT2D eigenvalue weighted by Gasteiger charge is -2.24. The van der Waals surface area contributed by atoms with Gasteiger partial charge in [-0.15, -0.1) is 11.8 Å². The molecule has 0 unspecified atom stereocenters. The van der Waals surface area contributed by atoms with Crippen molar-refractivity contribution in [3.63, 3.8) is 0 Å². The summed E-state index contributed by atoms with van der Waals surface area (Å²) in [6.45, 7) is 7.84. The summed E-state index contributed by atoms with van der Waals surface area (Å²) in [7, 11) is 0. The molecule has 6 nitrogen and oxygen atoms in total. The summed E-state index contributed by atoms with van der Waals surface area (Å²) < 4.78 is 13.2. The number of fused-ring (bicyclic) bond motifs is 1. The molecule has 4 rings (SSSR count). The van der Waals surface area contributed by atoms with Gasteiger partial charge in [0, 0.05) is 10.5 Å². The molecule has 2 heterocycles. The van der Waals surface area contributed by atoms with Crippen LogP contribution in [-0.4, -0.2) is 30.0 Å². The number of para-hydroxylation sites is 1. The molecule has 0 fully saturated rings. The van der Waals surface area contributed by atoms with E-state index in [4.69, 9.17) is 9.47 Å². The van der Waals surface area contributed by atoms with Gasteiger partial charge in [0.2, 0.25) is 0 Å². The first kappa shape index (κ1) is 24.8. The van der Waals surface area contributed by atoms with Crippen molar-refractivity contribution in [2.45, 2.75) is 24.8 Å². The Balaban J connectivity index is 1.91. The van der Waals surface area contributed by atoms with E-state index in [2.05, 4.69) is 11.6 Å². The minimum absolute atomic E-state index is 0.222. The fourth-order valence-corrected chi connectivity index (χ4v) is 5.36. The topological polar surface area (TPSA) is 69.9 Å². The summed E-state index contributed by atoms with van der Waals surface area (Å²) in [6, 6.07) is 14.8. The van der Waals surface area contributed by atoms with Gasteiger partial charge in [0.05, 0.1) is 28.5 Å². The van der Waals surface area contributed by atoms with Crippen molar-refractivity contribution in [3.8, 4) is 5.75 Å². The van der Waals surface area contributed by atoms with Gasteiger partial charge in [-0.1, -0.05) is 54.3 Å². The third-order valence-corrected chi connectivity index (χ3v) is 7.24. The van der Waals surface area contributed by atoms with E-state index >= 15 is 0 Å². The molecule has 1 atom stereocenters. The average molecular weight is 507 g/mol. The average Bonchev–Trinajstić information content (AvgIpc) is 3.17. The maximum Gasteiger partial charge on any atom is 0.338 e. The zero-order valence-corrected chi connectivity index (χ0v) is 21.4. The van der Waals surface area contributed by atoms with Gasteiger partial charge in [0.1, 0.15) is 12.4 Å². The van der Waals surface area contributed by atoms with E-state index in [0.29, 0.717) is 33.0 Å². The molecule has 0 radical (unpaired) electrons. The van der Waals surface area contributed by atoms with Crippen LogP contribution in [0.5, 0.6) is 5.75 Å². The highest BCUT2D eigenvalue weighted by Crippen LogP contribution is 2.31. The third-order valence-electron chi connectivity index (χ3n) is 5.51. The number of carbonyl (C=O) groups excluding carboxylic acids is 1. The second kappa shape index (κ2) is 10.9. The van der Waals surface area contributed by atoms with Crippen LogP contribution in [0.1, 0.15) is 31.0 Å². The molecule has 0 aliphatic carbocycles. The molecule has 8 heteroatoms. The second-order valence-electron chi connectivity index (χ2n) is 7.71. The molecule has 2 aromatic carbocycles. The molecule has 0 saturated heterocycles. The van der Waals surface area contributed by atoms with Crippen LogP contribution in [0.2, 0.25) is 0 Å². The molecule has 0 saturated carbocycles. The molecule has 0 bridgehead atoms. The predicted octanol–water partition coefficient (Wildman–Crippen LogP) is 4.09. The first-order chi connectivity index (χ1) is 17.0.